The Kier molecular flexibility index (Phi) is 10.1. The normalized spacial score (nSPS) is 10.7. The van der Waals surface area contributed by atoms with E-state index in [4.69, 9.17) is 16.3 Å². The van der Waals surface area contributed by atoms with Crippen LogP contribution in [-0.2, 0) is 22.4 Å². The van der Waals surface area contributed by atoms with Crippen LogP contribution < -0.4 is 15.4 Å². The quantitative estimate of drug-likeness (QED) is 0.208. The second-order valence-corrected chi connectivity index (χ2v) is 9.12. The molecule has 3 aromatic rings. The highest BCUT2D eigenvalue weighted by molar-refractivity contribution is 6.43. The van der Waals surface area contributed by atoms with Gasteiger partial charge in [0.1, 0.15) is 11.6 Å². The molecule has 0 fully saturated rings. The summed E-state index contributed by atoms with van der Waals surface area (Å²) in [5.41, 5.74) is 2.79. The molecule has 2 amide bonds. The van der Waals surface area contributed by atoms with Crippen molar-refractivity contribution in [3.05, 3.63) is 94.5 Å². The van der Waals surface area contributed by atoms with Gasteiger partial charge in [0.05, 0.1) is 23.5 Å². The van der Waals surface area contributed by atoms with E-state index in [9.17, 15) is 14.4 Å². The van der Waals surface area contributed by atoms with Crippen LogP contribution in [0.1, 0.15) is 33.0 Å². The van der Waals surface area contributed by atoms with Crippen molar-refractivity contribution >= 4 is 34.9 Å². The lowest BCUT2D eigenvalue weighted by Crippen LogP contribution is -2.36. The number of amides is 2. The molecule has 0 spiro atoms. The summed E-state index contributed by atoms with van der Waals surface area (Å²) in [5.74, 6) is -0.621. The number of ether oxygens (including phenoxy) is 1. The van der Waals surface area contributed by atoms with Gasteiger partial charge in [0, 0.05) is 37.7 Å². The highest BCUT2D eigenvalue weighted by Gasteiger charge is 2.20. The van der Waals surface area contributed by atoms with Crippen molar-refractivity contribution < 1.29 is 19.1 Å². The second-order valence-electron chi connectivity index (χ2n) is 8.71. The van der Waals surface area contributed by atoms with Gasteiger partial charge < -0.3 is 20.3 Å². The molecular formula is C28H30ClN5O4. The van der Waals surface area contributed by atoms with E-state index in [1.165, 1.54) is 19.4 Å². The van der Waals surface area contributed by atoms with Crippen molar-refractivity contribution in [2.45, 2.75) is 12.8 Å². The zero-order valence-electron chi connectivity index (χ0n) is 21.6. The Bertz CT molecular complexity index is 1340. The van der Waals surface area contributed by atoms with Crippen molar-refractivity contribution in [3.63, 3.8) is 0 Å². The SMILES string of the molecule is C=CC(=O)Nc1cc(Cc2ncc(Cl)c(Cc3ccccc3C(=O)C(=O)NCCN(C)C)n2)ccc1OC. The van der Waals surface area contributed by atoms with Gasteiger partial charge in [-0.2, -0.15) is 0 Å². The number of nitrogens with one attached hydrogen (secondary N) is 2. The van der Waals surface area contributed by atoms with Crippen LogP contribution in [0.4, 0.5) is 5.69 Å². The van der Waals surface area contributed by atoms with Crippen LogP contribution >= 0.6 is 11.6 Å². The third-order valence-corrected chi connectivity index (χ3v) is 5.92. The molecule has 1 heterocycles. The van der Waals surface area contributed by atoms with Crippen LogP contribution in [0.15, 0.2) is 61.3 Å². The van der Waals surface area contributed by atoms with E-state index in [0.29, 0.717) is 58.6 Å². The van der Waals surface area contributed by atoms with Gasteiger partial charge in [-0.05, 0) is 43.4 Å². The molecule has 0 aliphatic carbocycles. The van der Waals surface area contributed by atoms with E-state index >= 15 is 0 Å². The number of hydrogen-bond donors (Lipinski definition) is 2. The Morgan fingerprint density at radius 3 is 2.61 bits per heavy atom. The summed E-state index contributed by atoms with van der Waals surface area (Å²) in [6.45, 7) is 4.46. The van der Waals surface area contributed by atoms with Crippen LogP contribution in [0.2, 0.25) is 5.02 Å². The first kappa shape index (κ1) is 28.5. The minimum Gasteiger partial charge on any atom is -0.495 e. The van der Waals surface area contributed by atoms with Crippen LogP contribution in [0, 0.1) is 0 Å². The minimum absolute atomic E-state index is 0.241. The molecule has 198 valence electrons. The number of carbonyl (C=O) groups is 3. The third-order valence-electron chi connectivity index (χ3n) is 5.61. The van der Waals surface area contributed by atoms with Crippen LogP contribution in [0.3, 0.4) is 0 Å². The van der Waals surface area contributed by atoms with E-state index in [1.54, 1.807) is 36.4 Å². The van der Waals surface area contributed by atoms with E-state index < -0.39 is 11.7 Å². The summed E-state index contributed by atoms with van der Waals surface area (Å²) in [6, 6.07) is 12.3. The number of hydrogen-bond acceptors (Lipinski definition) is 7. The first-order valence-electron chi connectivity index (χ1n) is 11.9. The molecule has 0 radical (unpaired) electrons. The summed E-state index contributed by atoms with van der Waals surface area (Å²) < 4.78 is 5.32. The molecule has 3 rings (SSSR count). The highest BCUT2D eigenvalue weighted by Crippen LogP contribution is 2.27. The summed E-state index contributed by atoms with van der Waals surface area (Å²) in [4.78, 5) is 48.0. The van der Waals surface area contributed by atoms with Gasteiger partial charge >= 0.3 is 0 Å². The van der Waals surface area contributed by atoms with Gasteiger partial charge in [0.25, 0.3) is 5.91 Å². The van der Waals surface area contributed by atoms with Gasteiger partial charge in [0.2, 0.25) is 11.7 Å². The molecule has 0 aliphatic rings. The molecule has 0 bridgehead atoms. The lowest BCUT2D eigenvalue weighted by molar-refractivity contribution is -0.117. The monoisotopic (exact) mass is 535 g/mol. The Morgan fingerprint density at radius 1 is 1.13 bits per heavy atom. The Balaban J connectivity index is 1.81. The number of rotatable bonds is 12. The van der Waals surface area contributed by atoms with E-state index in [1.807, 2.05) is 25.1 Å². The van der Waals surface area contributed by atoms with Gasteiger partial charge in [-0.3, -0.25) is 14.4 Å². The Morgan fingerprint density at radius 2 is 1.89 bits per heavy atom. The number of benzene rings is 2. The number of Topliss-reactive ketones (excluding diaryl/α,β-unsaturated/α-hetero) is 1. The maximum atomic E-state index is 12.9. The zero-order valence-corrected chi connectivity index (χ0v) is 22.3. The van der Waals surface area contributed by atoms with Crippen molar-refractivity contribution in [3.8, 4) is 5.75 Å². The molecule has 0 saturated heterocycles. The standard InChI is InChI=1S/C28H30ClN5O4/c1-5-26(35)33-23-14-18(10-11-24(23)38-4)15-25-31-17-21(29)22(32-25)16-19-8-6-7-9-20(19)27(36)28(37)30-12-13-34(2)3/h5-11,14,17H,1,12-13,15-16H2,2-4H3,(H,30,37)(H,33,35). The third kappa shape index (κ3) is 7.71. The molecule has 10 heteroatoms. The fourth-order valence-corrected chi connectivity index (χ4v) is 3.81. The number of likely N-dealkylation sites (N-methyl/N-ethyl adjacent to an activating group) is 1. The Labute approximate surface area is 226 Å². The van der Waals surface area contributed by atoms with E-state index in [-0.39, 0.29) is 12.3 Å². The molecular weight excluding hydrogens is 506 g/mol. The predicted octanol–water partition coefficient (Wildman–Crippen LogP) is 3.31. The summed E-state index contributed by atoms with van der Waals surface area (Å²) >= 11 is 6.41. The number of anilines is 1. The number of methoxy groups -OCH3 is 1. The summed E-state index contributed by atoms with van der Waals surface area (Å²) in [7, 11) is 5.29. The highest BCUT2D eigenvalue weighted by atomic mass is 35.5. The molecule has 2 aromatic carbocycles. The van der Waals surface area contributed by atoms with Crippen molar-refractivity contribution in [2.24, 2.45) is 0 Å². The van der Waals surface area contributed by atoms with Crippen molar-refractivity contribution in [2.75, 3.05) is 39.6 Å². The maximum Gasteiger partial charge on any atom is 0.292 e. The molecule has 0 saturated carbocycles. The lowest BCUT2D eigenvalue weighted by Gasteiger charge is -2.13. The number of nitrogens with zero attached hydrogens (tertiary/aromatic N) is 3. The number of aromatic nitrogens is 2. The van der Waals surface area contributed by atoms with Crippen molar-refractivity contribution in [1.82, 2.24) is 20.2 Å². The topological polar surface area (TPSA) is 114 Å². The Hall–Kier alpha value is -4.08. The van der Waals surface area contributed by atoms with E-state index in [0.717, 1.165) is 5.56 Å². The summed E-state index contributed by atoms with van der Waals surface area (Å²) in [5, 5.41) is 5.73. The van der Waals surface area contributed by atoms with Crippen LogP contribution in [0.5, 0.6) is 5.75 Å². The minimum atomic E-state index is -0.660. The van der Waals surface area contributed by atoms with Crippen LogP contribution in [0.25, 0.3) is 0 Å². The smallest absolute Gasteiger partial charge is 0.292 e. The molecule has 0 aliphatic heterocycles. The van der Waals surface area contributed by atoms with E-state index in [2.05, 4.69) is 27.2 Å². The maximum absolute atomic E-state index is 12.9. The molecule has 2 N–H and O–H groups in total. The number of carbonyl (C=O) groups excluding carboxylic acids is 3. The molecule has 9 nitrogen and oxygen atoms in total. The van der Waals surface area contributed by atoms with Gasteiger partial charge in [-0.15, -0.1) is 0 Å². The molecule has 38 heavy (non-hydrogen) atoms. The fourth-order valence-electron chi connectivity index (χ4n) is 3.65. The zero-order chi connectivity index (χ0) is 27.7. The predicted molar refractivity (Wildman–Crippen MR) is 147 cm³/mol. The first-order valence-corrected chi connectivity index (χ1v) is 12.3. The van der Waals surface area contributed by atoms with Crippen LogP contribution in [-0.4, -0.2) is 66.8 Å². The van der Waals surface area contributed by atoms with Crippen molar-refractivity contribution in [1.29, 1.82) is 0 Å². The largest absolute Gasteiger partial charge is 0.495 e. The number of halogens is 1. The van der Waals surface area contributed by atoms with Gasteiger partial charge in [-0.25, -0.2) is 9.97 Å². The average Bonchev–Trinajstić information content (AvgIpc) is 2.90. The fraction of sp³-hybridized carbons (Fsp3) is 0.250. The summed E-state index contributed by atoms with van der Waals surface area (Å²) in [6.07, 6.45) is 3.29. The number of ketones is 1. The lowest BCUT2D eigenvalue weighted by atomic mass is 9.99. The molecule has 0 atom stereocenters. The van der Waals surface area contributed by atoms with Gasteiger partial charge in [0.15, 0.2) is 0 Å². The molecule has 0 unspecified atom stereocenters. The first-order chi connectivity index (χ1) is 18.2. The van der Waals surface area contributed by atoms with Gasteiger partial charge in [-0.1, -0.05) is 48.5 Å². The second kappa shape index (κ2) is 13.5. The average molecular weight is 536 g/mol. The molecule has 1 aromatic heterocycles.